The van der Waals surface area contributed by atoms with Crippen molar-refractivity contribution in [3.8, 4) is 6.07 Å². The minimum atomic E-state index is -0.0651. The fourth-order valence-corrected chi connectivity index (χ4v) is 1.70. The van der Waals surface area contributed by atoms with Crippen molar-refractivity contribution in [3.63, 3.8) is 0 Å². The smallest absolute Gasteiger partial charge is 0.224 e. The van der Waals surface area contributed by atoms with Crippen molar-refractivity contribution in [2.45, 2.75) is 46.5 Å². The monoisotopic (exact) mass is 324 g/mol. The molecule has 1 aromatic carbocycles. The van der Waals surface area contributed by atoms with Crippen LogP contribution in [0.1, 0.15) is 50.7 Å². The third kappa shape index (κ3) is 10.2. The molecule has 1 rings (SSSR count). The number of hydrogen-bond donors (Lipinski definition) is 1. The van der Waals surface area contributed by atoms with Gasteiger partial charge in [0.1, 0.15) is 0 Å². The van der Waals surface area contributed by atoms with Crippen molar-refractivity contribution in [1.82, 2.24) is 5.32 Å². The van der Waals surface area contributed by atoms with Crippen LogP contribution in [-0.2, 0) is 4.79 Å². The molecule has 0 spiro atoms. The average Bonchev–Trinajstić information content (AvgIpc) is 2.53. The Hall–Kier alpha value is -2.60. The zero-order chi connectivity index (χ0) is 18.5. The molecule has 0 atom stereocenters. The summed E-state index contributed by atoms with van der Waals surface area (Å²) >= 11 is 0. The lowest BCUT2D eigenvalue weighted by molar-refractivity contribution is -0.120. The Morgan fingerprint density at radius 2 is 1.83 bits per heavy atom. The molecule has 0 saturated heterocycles. The molecule has 0 radical (unpaired) electrons. The molecule has 128 valence electrons. The molecule has 24 heavy (non-hydrogen) atoms. The third-order valence-electron chi connectivity index (χ3n) is 3.15. The number of amides is 1. The van der Waals surface area contributed by atoms with Gasteiger partial charge in [-0.2, -0.15) is 5.26 Å². The van der Waals surface area contributed by atoms with Crippen LogP contribution < -0.4 is 5.32 Å². The zero-order valence-corrected chi connectivity index (χ0v) is 15.2. The number of benzene rings is 1. The third-order valence-corrected chi connectivity index (χ3v) is 3.15. The Morgan fingerprint density at radius 3 is 2.29 bits per heavy atom. The van der Waals surface area contributed by atoms with Crippen LogP contribution in [0.2, 0.25) is 0 Å². The van der Waals surface area contributed by atoms with Crippen molar-refractivity contribution in [3.05, 3.63) is 72.0 Å². The molecule has 1 amide bonds. The molecule has 0 aromatic heterocycles. The summed E-state index contributed by atoms with van der Waals surface area (Å²) in [5.74, 6) is 0.588. The van der Waals surface area contributed by atoms with Gasteiger partial charge in [0.25, 0.3) is 0 Å². The van der Waals surface area contributed by atoms with Gasteiger partial charge in [0.2, 0.25) is 5.91 Å². The predicted molar refractivity (Wildman–Crippen MR) is 101 cm³/mol. The highest BCUT2D eigenvalue weighted by Crippen LogP contribution is 2.13. The van der Waals surface area contributed by atoms with Crippen LogP contribution in [0.15, 0.2) is 60.8 Å². The number of carbonyl (C=O) groups excluding carboxylic acids is 1. The number of nitrogens with one attached hydrogen (secondary N) is 1. The van der Waals surface area contributed by atoms with Crippen molar-refractivity contribution in [2.75, 3.05) is 0 Å². The molecule has 0 heterocycles. The lowest BCUT2D eigenvalue weighted by Gasteiger charge is -2.03. The number of aryl methyl sites for hydroxylation is 1. The fraction of sp³-hybridized carbons (Fsp3) is 0.333. The Morgan fingerprint density at radius 1 is 1.25 bits per heavy atom. The van der Waals surface area contributed by atoms with Gasteiger partial charge in [-0.25, -0.2) is 0 Å². The van der Waals surface area contributed by atoms with Crippen LogP contribution in [0.5, 0.6) is 0 Å². The van der Waals surface area contributed by atoms with Crippen molar-refractivity contribution < 1.29 is 4.79 Å². The molecule has 0 aliphatic rings. The van der Waals surface area contributed by atoms with E-state index in [2.05, 4.69) is 63.5 Å². The standard InChI is InChI=1S/C11H14N2O.C10H14/c1-4-5-11(14)13-10(3)7-6-9(2)8-12;1-8(2)10-6-4-9(3)5-7-10/h6-7H,2-5H2,1H3,(H,13,14);4-8H,1-3H3/b7-6-;. The van der Waals surface area contributed by atoms with E-state index in [1.807, 2.05) is 13.0 Å². The van der Waals surface area contributed by atoms with Gasteiger partial charge in [-0.3, -0.25) is 4.79 Å². The zero-order valence-electron chi connectivity index (χ0n) is 15.2. The molecule has 0 bridgehead atoms. The Bertz CT molecular complexity index is 616. The topological polar surface area (TPSA) is 52.9 Å². The van der Waals surface area contributed by atoms with E-state index in [4.69, 9.17) is 5.26 Å². The first-order valence-electron chi connectivity index (χ1n) is 8.12. The molecule has 0 aliphatic heterocycles. The van der Waals surface area contributed by atoms with Crippen LogP contribution in [-0.4, -0.2) is 5.91 Å². The number of nitrogens with zero attached hydrogens (tertiary/aromatic N) is 1. The fourth-order valence-electron chi connectivity index (χ4n) is 1.70. The minimum absolute atomic E-state index is 0.0651. The van der Waals surface area contributed by atoms with Gasteiger partial charge >= 0.3 is 0 Å². The first-order chi connectivity index (χ1) is 11.3. The summed E-state index contributed by atoms with van der Waals surface area (Å²) in [5.41, 5.74) is 3.56. The largest absolute Gasteiger partial charge is 0.327 e. The SMILES string of the molecule is C=C(C#N)/C=C\C(=C)NC(=O)CCC.Cc1ccc(C(C)C)cc1. The molecular weight excluding hydrogens is 296 g/mol. The highest BCUT2D eigenvalue weighted by Gasteiger charge is 1.98. The van der Waals surface area contributed by atoms with Gasteiger partial charge < -0.3 is 5.32 Å². The summed E-state index contributed by atoms with van der Waals surface area (Å²) in [5, 5.41) is 11.0. The minimum Gasteiger partial charge on any atom is -0.327 e. The quantitative estimate of drug-likeness (QED) is 0.579. The van der Waals surface area contributed by atoms with E-state index in [9.17, 15) is 4.79 Å². The molecule has 1 aromatic rings. The van der Waals surface area contributed by atoms with E-state index in [0.29, 0.717) is 23.6 Å². The van der Waals surface area contributed by atoms with Crippen molar-refractivity contribution in [2.24, 2.45) is 0 Å². The number of rotatable bonds is 6. The van der Waals surface area contributed by atoms with Gasteiger partial charge in [-0.05, 0) is 37.0 Å². The summed E-state index contributed by atoms with van der Waals surface area (Å²) < 4.78 is 0. The predicted octanol–water partition coefficient (Wildman–Crippen LogP) is 5.17. The van der Waals surface area contributed by atoms with Crippen molar-refractivity contribution in [1.29, 1.82) is 5.26 Å². The van der Waals surface area contributed by atoms with Crippen molar-refractivity contribution >= 4 is 5.91 Å². The first-order valence-corrected chi connectivity index (χ1v) is 8.12. The van der Waals surface area contributed by atoms with Crippen LogP contribution >= 0.6 is 0 Å². The molecule has 0 unspecified atom stereocenters. The lowest BCUT2D eigenvalue weighted by atomic mass is 10.0. The van der Waals surface area contributed by atoms with Gasteiger partial charge in [-0.15, -0.1) is 0 Å². The maximum absolute atomic E-state index is 11.1. The second-order valence-corrected chi connectivity index (χ2v) is 5.86. The summed E-state index contributed by atoms with van der Waals surface area (Å²) in [7, 11) is 0. The number of allylic oxidation sites excluding steroid dienone is 3. The maximum Gasteiger partial charge on any atom is 0.224 e. The van der Waals surface area contributed by atoms with Crippen LogP contribution in [0.3, 0.4) is 0 Å². The normalized spacial score (nSPS) is 9.83. The Kier molecular flexibility index (Phi) is 10.6. The van der Waals surface area contributed by atoms with E-state index in [1.54, 1.807) is 6.08 Å². The summed E-state index contributed by atoms with van der Waals surface area (Å²) in [6.07, 6.45) is 4.34. The van der Waals surface area contributed by atoms with Crippen LogP contribution in [0, 0.1) is 18.3 Å². The Labute approximate surface area is 146 Å². The van der Waals surface area contributed by atoms with E-state index >= 15 is 0 Å². The van der Waals surface area contributed by atoms with E-state index < -0.39 is 0 Å². The van der Waals surface area contributed by atoms with Gasteiger partial charge in [0.15, 0.2) is 0 Å². The lowest BCUT2D eigenvalue weighted by Crippen LogP contribution is -2.20. The van der Waals surface area contributed by atoms with Crippen LogP contribution in [0.4, 0.5) is 0 Å². The summed E-state index contributed by atoms with van der Waals surface area (Å²) in [4.78, 5) is 11.1. The highest BCUT2D eigenvalue weighted by atomic mass is 16.1. The maximum atomic E-state index is 11.1. The molecular formula is C21H28N2O. The van der Waals surface area contributed by atoms with Gasteiger partial charge in [-0.1, -0.05) is 63.8 Å². The number of nitriles is 1. The average molecular weight is 324 g/mol. The number of carbonyl (C=O) groups is 1. The van der Waals surface area contributed by atoms with Crippen LogP contribution in [0.25, 0.3) is 0 Å². The molecule has 1 N–H and O–H groups in total. The molecule has 3 heteroatoms. The summed E-state index contributed by atoms with van der Waals surface area (Å²) in [6, 6.07) is 10.6. The molecule has 0 fully saturated rings. The highest BCUT2D eigenvalue weighted by molar-refractivity contribution is 5.78. The Balaban J connectivity index is 0.000000463. The summed E-state index contributed by atoms with van der Waals surface area (Å²) in [6.45, 7) is 15.5. The first kappa shape index (κ1) is 21.4. The molecule has 0 aliphatic carbocycles. The van der Waals surface area contributed by atoms with E-state index in [1.165, 1.54) is 17.2 Å². The molecule has 3 nitrogen and oxygen atoms in total. The van der Waals surface area contributed by atoms with E-state index in [0.717, 1.165) is 6.42 Å². The second kappa shape index (κ2) is 11.9. The molecule has 0 saturated carbocycles. The van der Waals surface area contributed by atoms with Gasteiger partial charge in [0, 0.05) is 17.7 Å². The van der Waals surface area contributed by atoms with E-state index in [-0.39, 0.29) is 5.91 Å². The second-order valence-electron chi connectivity index (χ2n) is 5.86. The number of hydrogen-bond acceptors (Lipinski definition) is 2. The van der Waals surface area contributed by atoms with Gasteiger partial charge in [0.05, 0.1) is 6.07 Å².